The number of hydrogen-bond donors (Lipinski definition) is 1. The Kier molecular flexibility index (Phi) is 2.79. The number of carbonyl (C=O) groups excluding carboxylic acids is 1. The van der Waals surface area contributed by atoms with Gasteiger partial charge in [-0.2, -0.15) is 10.2 Å². The van der Waals surface area contributed by atoms with Crippen molar-refractivity contribution in [2.75, 3.05) is 0 Å². The molecule has 6 nitrogen and oxygen atoms in total. The molecule has 0 saturated heterocycles. The molecule has 1 aromatic heterocycles. The Morgan fingerprint density at radius 2 is 2.67 bits per heavy atom. The lowest BCUT2D eigenvalue weighted by Crippen LogP contribution is -2.22. The fraction of sp³-hybridized carbons (Fsp3) is 0.333. The summed E-state index contributed by atoms with van der Waals surface area (Å²) in [7, 11) is 0. The molecule has 1 N–H and O–H groups in total. The molecule has 0 aromatic carbocycles. The molecule has 0 saturated carbocycles. The van der Waals surface area contributed by atoms with E-state index in [1.54, 1.807) is 6.07 Å². The first-order valence-corrected chi connectivity index (χ1v) is 3.22. The zero-order valence-electron chi connectivity index (χ0n) is 6.15. The monoisotopic (exact) mass is 166 g/mol. The highest BCUT2D eigenvalue weighted by Gasteiger charge is 2.01. The van der Waals surface area contributed by atoms with E-state index in [4.69, 9.17) is 5.26 Å². The van der Waals surface area contributed by atoms with E-state index < -0.39 is 0 Å². The number of nitrogens with zero attached hydrogens (tertiary/aromatic N) is 3. The molecule has 6 heteroatoms. The van der Waals surface area contributed by atoms with Crippen molar-refractivity contribution in [3.8, 4) is 6.07 Å². The first kappa shape index (κ1) is 8.20. The van der Waals surface area contributed by atoms with Crippen LogP contribution in [0.1, 0.15) is 12.2 Å². The van der Waals surface area contributed by atoms with Gasteiger partial charge in [0.25, 0.3) is 0 Å². The van der Waals surface area contributed by atoms with E-state index in [1.165, 1.54) is 6.39 Å². The van der Waals surface area contributed by atoms with Gasteiger partial charge in [0, 0.05) is 0 Å². The third-order valence-corrected chi connectivity index (χ3v) is 1.09. The molecule has 0 aliphatic heterocycles. The second-order valence-corrected chi connectivity index (χ2v) is 1.96. The van der Waals surface area contributed by atoms with E-state index in [-0.39, 0.29) is 18.9 Å². The van der Waals surface area contributed by atoms with Crippen molar-refractivity contribution in [3.63, 3.8) is 0 Å². The molecule has 0 fully saturated rings. The number of nitriles is 1. The van der Waals surface area contributed by atoms with Gasteiger partial charge in [0.05, 0.1) is 12.6 Å². The van der Waals surface area contributed by atoms with Gasteiger partial charge in [-0.05, 0) is 0 Å². The fourth-order valence-electron chi connectivity index (χ4n) is 0.582. The summed E-state index contributed by atoms with van der Waals surface area (Å²) < 4.78 is 4.43. The predicted molar refractivity (Wildman–Crippen MR) is 36.4 cm³/mol. The summed E-state index contributed by atoms with van der Waals surface area (Å²) in [6, 6.07) is 1.72. The van der Waals surface area contributed by atoms with Gasteiger partial charge in [-0.25, -0.2) is 0 Å². The number of aromatic nitrogens is 2. The molecule has 0 unspecified atom stereocenters. The molecule has 62 valence electrons. The van der Waals surface area contributed by atoms with Crippen molar-refractivity contribution in [3.05, 3.63) is 12.2 Å². The molecule has 0 atom stereocenters. The Bertz CT molecular complexity index is 287. The minimum atomic E-state index is -0.345. The van der Waals surface area contributed by atoms with Gasteiger partial charge >= 0.3 is 0 Å². The van der Waals surface area contributed by atoms with Crippen LogP contribution in [0.25, 0.3) is 0 Å². The van der Waals surface area contributed by atoms with E-state index in [1.807, 2.05) is 0 Å². The second-order valence-electron chi connectivity index (χ2n) is 1.96. The summed E-state index contributed by atoms with van der Waals surface area (Å²) >= 11 is 0. The standard InChI is InChI=1S/C6H6N4O2/c7-2-1-6(11)8-3-5-9-4-12-10-5/h4H,1,3H2,(H,8,11). The lowest BCUT2D eigenvalue weighted by atomic mass is 10.4. The molecule has 1 heterocycles. The summed E-state index contributed by atoms with van der Waals surface area (Å²) in [6.45, 7) is 0.191. The van der Waals surface area contributed by atoms with Gasteiger partial charge in [-0.1, -0.05) is 5.16 Å². The molecule has 0 spiro atoms. The van der Waals surface area contributed by atoms with Crippen LogP contribution in [0.5, 0.6) is 0 Å². The van der Waals surface area contributed by atoms with Gasteiger partial charge in [0.2, 0.25) is 12.3 Å². The maximum atomic E-state index is 10.7. The smallest absolute Gasteiger partial charge is 0.234 e. The number of hydrogen-bond acceptors (Lipinski definition) is 5. The minimum Gasteiger partial charge on any atom is -0.348 e. The molecule has 0 bridgehead atoms. The first-order chi connectivity index (χ1) is 5.83. The largest absolute Gasteiger partial charge is 0.348 e. The Labute approximate surface area is 68.2 Å². The molecule has 0 radical (unpaired) electrons. The van der Waals surface area contributed by atoms with Crippen molar-refractivity contribution in [1.29, 1.82) is 5.26 Å². The maximum Gasteiger partial charge on any atom is 0.234 e. The molecule has 1 aromatic rings. The highest BCUT2D eigenvalue weighted by Crippen LogP contribution is 1.86. The van der Waals surface area contributed by atoms with Crippen molar-refractivity contribution in [1.82, 2.24) is 15.5 Å². The van der Waals surface area contributed by atoms with Crippen molar-refractivity contribution >= 4 is 5.91 Å². The van der Waals surface area contributed by atoms with Crippen LogP contribution in [0, 0.1) is 11.3 Å². The first-order valence-electron chi connectivity index (χ1n) is 3.22. The SMILES string of the molecule is N#CCC(=O)NCc1ncon1. The number of rotatable bonds is 3. The van der Waals surface area contributed by atoms with Crippen LogP contribution in [0.15, 0.2) is 10.9 Å². The Morgan fingerprint density at radius 3 is 3.25 bits per heavy atom. The average Bonchev–Trinajstić information content (AvgIpc) is 2.53. The van der Waals surface area contributed by atoms with Crippen LogP contribution in [0.2, 0.25) is 0 Å². The molecular formula is C6H6N4O2. The molecule has 1 amide bonds. The molecular weight excluding hydrogens is 160 g/mol. The summed E-state index contributed by atoms with van der Waals surface area (Å²) in [4.78, 5) is 14.4. The number of nitrogens with one attached hydrogen (secondary N) is 1. The molecule has 0 aliphatic rings. The van der Waals surface area contributed by atoms with Gasteiger partial charge < -0.3 is 9.84 Å². The van der Waals surface area contributed by atoms with E-state index in [9.17, 15) is 4.79 Å². The predicted octanol–water partition coefficient (Wildman–Crippen LogP) is -0.401. The normalized spacial score (nSPS) is 8.92. The van der Waals surface area contributed by atoms with Crippen molar-refractivity contribution in [2.45, 2.75) is 13.0 Å². The molecule has 1 rings (SSSR count). The van der Waals surface area contributed by atoms with E-state index in [2.05, 4.69) is 20.0 Å². The highest BCUT2D eigenvalue weighted by atomic mass is 16.5. The highest BCUT2D eigenvalue weighted by molar-refractivity contribution is 5.77. The average molecular weight is 166 g/mol. The summed E-state index contributed by atoms with van der Waals surface area (Å²) in [5.74, 6) is 0.0450. The minimum absolute atomic E-state index is 0.155. The third-order valence-electron chi connectivity index (χ3n) is 1.09. The Hall–Kier alpha value is -1.90. The van der Waals surface area contributed by atoms with Gasteiger partial charge in [0.15, 0.2) is 5.82 Å². The van der Waals surface area contributed by atoms with Crippen LogP contribution >= 0.6 is 0 Å². The number of amides is 1. The zero-order valence-corrected chi connectivity index (χ0v) is 6.15. The summed E-state index contributed by atoms with van der Waals surface area (Å²) in [5, 5.41) is 14.0. The van der Waals surface area contributed by atoms with Crippen LogP contribution in [0.4, 0.5) is 0 Å². The quantitative estimate of drug-likeness (QED) is 0.659. The zero-order chi connectivity index (χ0) is 8.81. The second kappa shape index (κ2) is 4.08. The van der Waals surface area contributed by atoms with Gasteiger partial charge in [-0.15, -0.1) is 0 Å². The van der Waals surface area contributed by atoms with E-state index in [0.29, 0.717) is 5.82 Å². The third kappa shape index (κ3) is 2.38. The maximum absolute atomic E-state index is 10.7. The van der Waals surface area contributed by atoms with Crippen molar-refractivity contribution < 1.29 is 9.32 Å². The lowest BCUT2D eigenvalue weighted by molar-refractivity contribution is -0.120. The topological polar surface area (TPSA) is 91.8 Å². The lowest BCUT2D eigenvalue weighted by Gasteiger charge is -1.95. The Balaban J connectivity index is 2.28. The van der Waals surface area contributed by atoms with Gasteiger partial charge in [0.1, 0.15) is 6.42 Å². The Morgan fingerprint density at radius 1 is 1.83 bits per heavy atom. The van der Waals surface area contributed by atoms with Crippen LogP contribution in [0.3, 0.4) is 0 Å². The molecule has 12 heavy (non-hydrogen) atoms. The van der Waals surface area contributed by atoms with Crippen LogP contribution < -0.4 is 5.32 Å². The number of carbonyl (C=O) groups is 1. The van der Waals surface area contributed by atoms with Crippen LogP contribution in [-0.2, 0) is 11.3 Å². The van der Waals surface area contributed by atoms with Crippen molar-refractivity contribution in [2.24, 2.45) is 0 Å². The van der Waals surface area contributed by atoms with Crippen LogP contribution in [-0.4, -0.2) is 16.0 Å². The molecule has 0 aliphatic carbocycles. The van der Waals surface area contributed by atoms with E-state index in [0.717, 1.165) is 0 Å². The van der Waals surface area contributed by atoms with E-state index >= 15 is 0 Å². The summed E-state index contributed by atoms with van der Waals surface area (Å²) in [5.41, 5.74) is 0. The fourth-order valence-corrected chi connectivity index (χ4v) is 0.582. The summed E-state index contributed by atoms with van der Waals surface area (Å²) in [6.07, 6.45) is 1.02. The van der Waals surface area contributed by atoms with Gasteiger partial charge in [-0.3, -0.25) is 4.79 Å².